The van der Waals surface area contributed by atoms with Crippen molar-refractivity contribution in [1.82, 2.24) is 4.98 Å². The van der Waals surface area contributed by atoms with Crippen LogP contribution in [0.2, 0.25) is 5.02 Å². The fourth-order valence-electron chi connectivity index (χ4n) is 4.25. The molecule has 4 aromatic carbocycles. The molecule has 6 nitrogen and oxygen atoms in total. The molecule has 0 spiro atoms. The zero-order valence-corrected chi connectivity index (χ0v) is 21.9. The number of benzene rings is 4. The average Bonchev–Trinajstić information content (AvgIpc) is 2.96. The number of ether oxygens (including phenoxy) is 2. The van der Waals surface area contributed by atoms with E-state index >= 15 is 0 Å². The maximum absolute atomic E-state index is 13.3. The molecule has 1 aromatic heterocycles. The number of anilines is 1. The van der Waals surface area contributed by atoms with E-state index in [0.29, 0.717) is 45.0 Å². The number of halogens is 1. The summed E-state index contributed by atoms with van der Waals surface area (Å²) in [6.07, 6.45) is 0. The second-order valence-electron chi connectivity index (χ2n) is 8.88. The van der Waals surface area contributed by atoms with Gasteiger partial charge in [0.1, 0.15) is 12.4 Å². The summed E-state index contributed by atoms with van der Waals surface area (Å²) in [4.78, 5) is 30.6. The lowest BCUT2D eigenvalue weighted by molar-refractivity contribution is -0.119. The van der Waals surface area contributed by atoms with Crippen LogP contribution in [0.3, 0.4) is 0 Å². The first-order valence-corrected chi connectivity index (χ1v) is 12.8. The number of hydrogen-bond acceptors (Lipinski definition) is 5. The molecule has 1 N–H and O–H groups in total. The summed E-state index contributed by atoms with van der Waals surface area (Å²) in [6.45, 7) is 1.84. The number of rotatable bonds is 8. The highest BCUT2D eigenvalue weighted by molar-refractivity contribution is 6.33. The van der Waals surface area contributed by atoms with E-state index in [4.69, 9.17) is 26.1 Å². The van der Waals surface area contributed by atoms with E-state index in [0.717, 1.165) is 16.9 Å². The number of hydrogen-bond donors (Lipinski definition) is 1. The van der Waals surface area contributed by atoms with Gasteiger partial charge in [0.15, 0.2) is 6.61 Å². The molecule has 0 aliphatic carbocycles. The van der Waals surface area contributed by atoms with Crippen LogP contribution in [0.15, 0.2) is 103 Å². The Labute approximate surface area is 231 Å². The molecule has 1 amide bonds. The first-order chi connectivity index (χ1) is 19.0. The molecule has 5 rings (SSSR count). The Morgan fingerprint density at radius 1 is 0.846 bits per heavy atom. The highest BCUT2D eigenvalue weighted by Crippen LogP contribution is 2.31. The van der Waals surface area contributed by atoms with E-state index in [2.05, 4.69) is 5.32 Å². The minimum Gasteiger partial charge on any atom is -0.489 e. The fraction of sp³-hybridized carbons (Fsp3) is 0.0938. The maximum atomic E-state index is 13.3. The van der Waals surface area contributed by atoms with Crippen molar-refractivity contribution in [3.05, 3.63) is 125 Å². The third-order valence-corrected chi connectivity index (χ3v) is 6.53. The third kappa shape index (κ3) is 6.08. The fourth-order valence-corrected chi connectivity index (χ4v) is 4.44. The van der Waals surface area contributed by atoms with Crippen molar-refractivity contribution in [2.24, 2.45) is 0 Å². The van der Waals surface area contributed by atoms with Gasteiger partial charge in [0.2, 0.25) is 0 Å². The predicted octanol–water partition coefficient (Wildman–Crippen LogP) is 7.24. The number of fused-ring (bicyclic) bond motifs is 1. The Kier molecular flexibility index (Phi) is 7.85. The monoisotopic (exact) mass is 536 g/mol. The van der Waals surface area contributed by atoms with Gasteiger partial charge in [-0.1, -0.05) is 72.3 Å². The second-order valence-corrected chi connectivity index (χ2v) is 9.29. The highest BCUT2D eigenvalue weighted by Gasteiger charge is 2.21. The molecule has 194 valence electrons. The van der Waals surface area contributed by atoms with Crippen molar-refractivity contribution < 1.29 is 19.1 Å². The van der Waals surface area contributed by atoms with Crippen LogP contribution in [0.1, 0.15) is 21.5 Å². The number of pyridine rings is 1. The number of aromatic nitrogens is 1. The maximum Gasteiger partial charge on any atom is 0.339 e. The molecule has 39 heavy (non-hydrogen) atoms. The van der Waals surface area contributed by atoms with Gasteiger partial charge in [-0.05, 0) is 60.5 Å². The largest absolute Gasteiger partial charge is 0.489 e. The van der Waals surface area contributed by atoms with Crippen LogP contribution in [0.5, 0.6) is 5.75 Å². The third-order valence-electron chi connectivity index (χ3n) is 6.20. The first kappa shape index (κ1) is 25.9. The topological polar surface area (TPSA) is 77.5 Å². The lowest BCUT2D eigenvalue weighted by Crippen LogP contribution is -2.21. The van der Waals surface area contributed by atoms with Gasteiger partial charge in [-0.2, -0.15) is 0 Å². The molecule has 1 heterocycles. The number of carbonyl (C=O) groups is 2. The van der Waals surface area contributed by atoms with E-state index in [1.54, 1.807) is 24.3 Å². The van der Waals surface area contributed by atoms with Crippen LogP contribution in [0.25, 0.3) is 22.2 Å². The second kappa shape index (κ2) is 11.8. The summed E-state index contributed by atoms with van der Waals surface area (Å²) in [5.41, 5.74) is 4.68. The molecular formula is C32H25ClN2O4. The molecule has 0 aliphatic heterocycles. The number of carbonyl (C=O) groups excluding carboxylic acids is 2. The summed E-state index contributed by atoms with van der Waals surface area (Å²) in [7, 11) is 0. The van der Waals surface area contributed by atoms with Crippen molar-refractivity contribution >= 4 is 40.1 Å². The van der Waals surface area contributed by atoms with Crippen LogP contribution in [-0.4, -0.2) is 23.5 Å². The van der Waals surface area contributed by atoms with Gasteiger partial charge in [0, 0.05) is 10.9 Å². The minimum absolute atomic E-state index is 0.366. The first-order valence-electron chi connectivity index (χ1n) is 12.4. The predicted molar refractivity (Wildman–Crippen MR) is 153 cm³/mol. The number of esters is 1. The van der Waals surface area contributed by atoms with Gasteiger partial charge in [-0.3, -0.25) is 4.79 Å². The molecule has 0 atom stereocenters. The van der Waals surface area contributed by atoms with Gasteiger partial charge in [-0.15, -0.1) is 0 Å². The summed E-state index contributed by atoms with van der Waals surface area (Å²) < 4.78 is 11.3. The molecule has 0 fully saturated rings. The molecule has 0 aliphatic rings. The van der Waals surface area contributed by atoms with Crippen LogP contribution in [-0.2, 0) is 16.1 Å². The van der Waals surface area contributed by atoms with Crippen LogP contribution in [0.4, 0.5) is 5.69 Å². The Bertz CT molecular complexity index is 1640. The van der Waals surface area contributed by atoms with Gasteiger partial charge in [-0.25, -0.2) is 9.78 Å². The van der Waals surface area contributed by atoms with Crippen molar-refractivity contribution in [1.29, 1.82) is 0 Å². The molecule has 0 bridgehead atoms. The lowest BCUT2D eigenvalue weighted by Gasteiger charge is -2.15. The Morgan fingerprint density at radius 2 is 1.54 bits per heavy atom. The molecular weight excluding hydrogens is 512 g/mol. The van der Waals surface area contributed by atoms with Crippen molar-refractivity contribution in [2.45, 2.75) is 13.5 Å². The lowest BCUT2D eigenvalue weighted by atomic mass is 9.97. The quantitative estimate of drug-likeness (QED) is 0.211. The highest BCUT2D eigenvalue weighted by atomic mass is 35.5. The number of nitrogens with zero attached hydrogens (tertiary/aromatic N) is 1. The molecule has 0 unspecified atom stereocenters. The smallest absolute Gasteiger partial charge is 0.339 e. The summed E-state index contributed by atoms with van der Waals surface area (Å²) in [6, 6.07) is 31.7. The van der Waals surface area contributed by atoms with Crippen LogP contribution in [0, 0.1) is 6.92 Å². The summed E-state index contributed by atoms with van der Waals surface area (Å²) in [5.74, 6) is -0.367. The van der Waals surface area contributed by atoms with Gasteiger partial charge < -0.3 is 14.8 Å². The number of nitrogens with one attached hydrogen (secondary N) is 1. The van der Waals surface area contributed by atoms with Crippen molar-refractivity contribution in [3.8, 4) is 17.0 Å². The minimum atomic E-state index is -0.607. The van der Waals surface area contributed by atoms with Crippen LogP contribution < -0.4 is 10.1 Å². The zero-order chi connectivity index (χ0) is 27.2. The van der Waals surface area contributed by atoms with Crippen molar-refractivity contribution in [2.75, 3.05) is 11.9 Å². The van der Waals surface area contributed by atoms with E-state index in [9.17, 15) is 9.59 Å². The van der Waals surface area contributed by atoms with Crippen LogP contribution >= 0.6 is 11.6 Å². The van der Waals surface area contributed by atoms with Gasteiger partial charge >= 0.3 is 5.97 Å². The van der Waals surface area contributed by atoms with Gasteiger partial charge in [0.05, 0.1) is 27.5 Å². The van der Waals surface area contributed by atoms with Crippen molar-refractivity contribution in [3.63, 3.8) is 0 Å². The normalized spacial score (nSPS) is 10.7. The van der Waals surface area contributed by atoms with E-state index in [1.165, 1.54) is 0 Å². The number of amides is 1. The molecule has 0 radical (unpaired) electrons. The zero-order valence-electron chi connectivity index (χ0n) is 21.2. The summed E-state index contributed by atoms with van der Waals surface area (Å²) >= 11 is 6.11. The van der Waals surface area contributed by atoms with E-state index in [1.807, 2.05) is 85.8 Å². The van der Waals surface area contributed by atoms with Gasteiger partial charge in [0.25, 0.3) is 5.91 Å². The molecule has 0 saturated carbocycles. The molecule has 0 saturated heterocycles. The summed E-state index contributed by atoms with van der Waals surface area (Å²) in [5, 5.41) is 3.71. The van der Waals surface area contributed by atoms with E-state index < -0.39 is 18.5 Å². The standard InChI is InChI=1S/C32H25ClN2O4/c1-21-30(32(37)39-20-29(36)34-28-14-8-6-12-26(28)33)25-11-5-7-13-27(25)35-31(21)23-15-17-24(18-16-23)38-19-22-9-3-2-4-10-22/h2-18H,19-20H2,1H3,(H,34,36). The molecule has 5 aromatic rings. The average molecular weight is 537 g/mol. The molecule has 7 heteroatoms. The Balaban J connectivity index is 1.36. The SMILES string of the molecule is Cc1c(-c2ccc(OCc3ccccc3)cc2)nc2ccccc2c1C(=O)OCC(=O)Nc1ccccc1Cl. The number of para-hydroxylation sites is 2. The Hall–Kier alpha value is -4.68. The Morgan fingerprint density at radius 3 is 2.31 bits per heavy atom. The van der Waals surface area contributed by atoms with E-state index in [-0.39, 0.29) is 0 Å².